The third-order valence-corrected chi connectivity index (χ3v) is 7.36. The molecule has 0 unspecified atom stereocenters. The Balaban J connectivity index is 2.22. The molecule has 2 amide bonds. The van der Waals surface area contributed by atoms with Crippen molar-refractivity contribution < 1.29 is 22.7 Å². The van der Waals surface area contributed by atoms with Crippen molar-refractivity contribution in [2.24, 2.45) is 0 Å². The van der Waals surface area contributed by atoms with Crippen LogP contribution >= 0.6 is 23.2 Å². The number of benzene rings is 2. The van der Waals surface area contributed by atoms with Gasteiger partial charge in [0.2, 0.25) is 21.8 Å². The fraction of sp³-hybridized carbons (Fsp3) is 0.440. The predicted molar refractivity (Wildman–Crippen MR) is 144 cm³/mol. The maximum absolute atomic E-state index is 13.3. The highest BCUT2D eigenvalue weighted by molar-refractivity contribution is 7.92. The second kappa shape index (κ2) is 13.2. The molecule has 0 spiro atoms. The minimum Gasteiger partial charge on any atom is -0.495 e. The van der Waals surface area contributed by atoms with Gasteiger partial charge >= 0.3 is 0 Å². The number of carbonyl (C=O) groups excluding carboxylic acids is 2. The Labute approximate surface area is 223 Å². The summed E-state index contributed by atoms with van der Waals surface area (Å²) >= 11 is 12.2. The maximum Gasteiger partial charge on any atom is 0.242 e. The lowest BCUT2D eigenvalue weighted by molar-refractivity contribution is -0.140. The number of anilines is 1. The Morgan fingerprint density at radius 1 is 1.06 bits per heavy atom. The molecule has 0 bridgehead atoms. The van der Waals surface area contributed by atoms with E-state index in [9.17, 15) is 18.0 Å². The zero-order valence-corrected chi connectivity index (χ0v) is 23.5. The van der Waals surface area contributed by atoms with Crippen LogP contribution in [0, 0.1) is 0 Å². The van der Waals surface area contributed by atoms with Crippen LogP contribution in [0.15, 0.2) is 42.5 Å². The Kier molecular flexibility index (Phi) is 10.9. The Morgan fingerprint density at radius 3 is 2.31 bits per heavy atom. The molecule has 0 saturated heterocycles. The summed E-state index contributed by atoms with van der Waals surface area (Å²) in [5.41, 5.74) is 1.11. The molecule has 11 heteroatoms. The van der Waals surface area contributed by atoms with E-state index in [1.807, 2.05) is 13.8 Å². The zero-order chi connectivity index (χ0) is 27.0. The van der Waals surface area contributed by atoms with Crippen molar-refractivity contribution >= 4 is 50.7 Å². The number of hydrogen-bond acceptors (Lipinski definition) is 5. The van der Waals surface area contributed by atoms with Crippen molar-refractivity contribution in [3.05, 3.63) is 58.1 Å². The number of nitrogens with zero attached hydrogens (tertiary/aromatic N) is 2. The highest BCUT2D eigenvalue weighted by atomic mass is 35.5. The molecule has 2 aromatic carbocycles. The first-order valence-electron chi connectivity index (χ1n) is 11.5. The van der Waals surface area contributed by atoms with E-state index in [2.05, 4.69) is 5.32 Å². The van der Waals surface area contributed by atoms with Crippen LogP contribution in [0.3, 0.4) is 0 Å². The number of para-hydroxylation sites is 2. The number of ether oxygens (including phenoxy) is 1. The summed E-state index contributed by atoms with van der Waals surface area (Å²) in [6.07, 6.45) is 1.37. The van der Waals surface area contributed by atoms with Crippen LogP contribution < -0.4 is 14.4 Å². The van der Waals surface area contributed by atoms with Crippen molar-refractivity contribution in [2.75, 3.05) is 24.2 Å². The third-order valence-electron chi connectivity index (χ3n) is 5.44. The van der Waals surface area contributed by atoms with Crippen LogP contribution in [0.25, 0.3) is 0 Å². The van der Waals surface area contributed by atoms with Crippen LogP contribution in [0.4, 0.5) is 5.69 Å². The lowest BCUT2D eigenvalue weighted by Gasteiger charge is -2.30. The molecule has 0 aliphatic rings. The normalized spacial score (nSPS) is 12.2. The lowest BCUT2D eigenvalue weighted by atomic mass is 10.1. The smallest absolute Gasteiger partial charge is 0.242 e. The molecule has 198 valence electrons. The van der Waals surface area contributed by atoms with Gasteiger partial charge in [-0.3, -0.25) is 13.9 Å². The van der Waals surface area contributed by atoms with Crippen LogP contribution in [0.1, 0.15) is 39.2 Å². The number of carbonyl (C=O) groups is 2. The molecule has 0 heterocycles. The molecule has 0 radical (unpaired) electrons. The largest absolute Gasteiger partial charge is 0.495 e. The van der Waals surface area contributed by atoms with Gasteiger partial charge < -0.3 is 15.0 Å². The summed E-state index contributed by atoms with van der Waals surface area (Å²) in [5, 5.41) is 3.57. The highest BCUT2D eigenvalue weighted by Gasteiger charge is 2.27. The number of sulfonamides is 1. The van der Waals surface area contributed by atoms with Crippen molar-refractivity contribution in [2.45, 2.75) is 52.2 Å². The van der Waals surface area contributed by atoms with Crippen molar-refractivity contribution in [3.8, 4) is 5.75 Å². The number of halogens is 2. The fourth-order valence-corrected chi connectivity index (χ4v) is 4.93. The molecule has 0 aliphatic heterocycles. The summed E-state index contributed by atoms with van der Waals surface area (Å²) in [5.74, 6) is -0.166. The molecule has 0 aromatic heterocycles. The second-order valence-corrected chi connectivity index (χ2v) is 11.4. The van der Waals surface area contributed by atoms with Gasteiger partial charge in [-0.2, -0.15) is 0 Å². The van der Waals surface area contributed by atoms with E-state index >= 15 is 0 Å². The molecule has 1 atom stereocenters. The first kappa shape index (κ1) is 29.7. The number of methoxy groups -OCH3 is 1. The van der Waals surface area contributed by atoms with E-state index in [4.69, 9.17) is 27.9 Å². The molecular weight excluding hydrogens is 525 g/mol. The minimum absolute atomic E-state index is 0.0296. The monoisotopic (exact) mass is 557 g/mol. The van der Waals surface area contributed by atoms with Crippen molar-refractivity contribution in [3.63, 3.8) is 0 Å². The Bertz CT molecular complexity index is 1170. The molecule has 0 aliphatic carbocycles. The van der Waals surface area contributed by atoms with Crippen LogP contribution in [0.2, 0.25) is 10.0 Å². The van der Waals surface area contributed by atoms with Gasteiger partial charge in [-0.05, 0) is 57.0 Å². The molecule has 8 nitrogen and oxygen atoms in total. The Morgan fingerprint density at radius 2 is 1.72 bits per heavy atom. The van der Waals surface area contributed by atoms with Crippen LogP contribution in [-0.4, -0.2) is 57.1 Å². The molecule has 36 heavy (non-hydrogen) atoms. The molecule has 0 saturated carbocycles. The van der Waals surface area contributed by atoms with Gasteiger partial charge in [0.25, 0.3) is 0 Å². The van der Waals surface area contributed by atoms with E-state index in [1.165, 1.54) is 16.3 Å². The second-order valence-electron chi connectivity index (χ2n) is 8.72. The minimum atomic E-state index is -3.63. The van der Waals surface area contributed by atoms with Crippen molar-refractivity contribution in [1.82, 2.24) is 10.2 Å². The predicted octanol–water partition coefficient (Wildman–Crippen LogP) is 4.49. The van der Waals surface area contributed by atoms with Gasteiger partial charge in [0, 0.05) is 25.6 Å². The van der Waals surface area contributed by atoms with Gasteiger partial charge in [-0.1, -0.05) is 41.4 Å². The summed E-state index contributed by atoms with van der Waals surface area (Å²) in [7, 11) is -2.17. The number of amides is 2. The lowest BCUT2D eigenvalue weighted by Crippen LogP contribution is -2.49. The van der Waals surface area contributed by atoms with E-state index in [1.54, 1.807) is 49.4 Å². The topological polar surface area (TPSA) is 96.0 Å². The molecule has 0 fully saturated rings. The van der Waals surface area contributed by atoms with Gasteiger partial charge in [0.05, 0.1) is 29.1 Å². The number of nitrogens with one attached hydrogen (secondary N) is 1. The van der Waals surface area contributed by atoms with Gasteiger partial charge in [-0.25, -0.2) is 8.42 Å². The molecule has 1 N–H and O–H groups in total. The molecular formula is C25H33Cl2N3O5S. The van der Waals surface area contributed by atoms with Gasteiger partial charge in [0.15, 0.2) is 0 Å². The molecule has 2 aromatic rings. The van der Waals surface area contributed by atoms with Crippen molar-refractivity contribution in [1.29, 1.82) is 0 Å². The third kappa shape index (κ3) is 8.28. The van der Waals surface area contributed by atoms with Crippen LogP contribution in [0.5, 0.6) is 5.75 Å². The van der Waals surface area contributed by atoms with E-state index in [-0.39, 0.29) is 43.8 Å². The summed E-state index contributed by atoms with van der Waals surface area (Å²) in [6, 6.07) is 11.0. The summed E-state index contributed by atoms with van der Waals surface area (Å²) in [4.78, 5) is 27.5. The van der Waals surface area contributed by atoms with Crippen LogP contribution in [-0.2, 0) is 26.2 Å². The van der Waals surface area contributed by atoms with E-state index in [0.717, 1.165) is 6.26 Å². The standard InChI is InChI=1S/C25H33Cl2N3O5S/c1-17(2)28-25(32)18(3)29(16-19-12-13-20(26)21(27)15-19)24(31)11-8-14-30(36(5,33)34)22-9-6-7-10-23(22)35-4/h6-7,9-10,12-13,15,17-18H,8,11,14,16H2,1-5H3,(H,28,32)/t18-/m0/s1. The quantitative estimate of drug-likeness (QED) is 0.414. The highest BCUT2D eigenvalue weighted by Crippen LogP contribution is 2.30. The SMILES string of the molecule is COc1ccccc1N(CCCC(=O)N(Cc1ccc(Cl)c(Cl)c1)[C@@H](C)C(=O)NC(C)C)S(C)(=O)=O. The first-order chi connectivity index (χ1) is 16.8. The zero-order valence-electron chi connectivity index (χ0n) is 21.1. The fourth-order valence-electron chi connectivity index (χ4n) is 3.64. The first-order valence-corrected chi connectivity index (χ1v) is 14.1. The van der Waals surface area contributed by atoms with Gasteiger partial charge in [0.1, 0.15) is 11.8 Å². The number of hydrogen-bond donors (Lipinski definition) is 1. The van der Waals surface area contributed by atoms with Gasteiger partial charge in [-0.15, -0.1) is 0 Å². The Hall–Kier alpha value is -2.49. The average molecular weight is 559 g/mol. The van der Waals surface area contributed by atoms with E-state index < -0.39 is 16.1 Å². The summed E-state index contributed by atoms with van der Waals surface area (Å²) in [6.45, 7) is 5.55. The maximum atomic E-state index is 13.3. The van der Waals surface area contributed by atoms with E-state index in [0.29, 0.717) is 27.0 Å². The number of rotatable bonds is 12. The molecule has 2 rings (SSSR count). The average Bonchev–Trinajstić information content (AvgIpc) is 2.80. The summed E-state index contributed by atoms with van der Waals surface area (Å²) < 4.78 is 31.6.